The van der Waals surface area contributed by atoms with E-state index >= 15 is 0 Å². The van der Waals surface area contributed by atoms with Crippen LogP contribution in [0.15, 0.2) is 0 Å². The van der Waals surface area contributed by atoms with Crippen LogP contribution in [0.1, 0.15) is 79.1 Å². The van der Waals surface area contributed by atoms with Gasteiger partial charge in [-0.15, -0.1) is 0 Å². The van der Waals surface area contributed by atoms with E-state index in [2.05, 4.69) is 20.8 Å². The molecule has 1 spiro atoms. The lowest BCUT2D eigenvalue weighted by Crippen LogP contribution is -2.69. The molecule has 0 aromatic carbocycles. The molecule has 186 valence electrons. The smallest absolute Gasteiger partial charge is 0.171 e. The Labute approximate surface area is 197 Å². The summed E-state index contributed by atoms with van der Waals surface area (Å²) in [6.07, 6.45) is 3.96. The molecule has 6 heteroatoms. The lowest BCUT2D eigenvalue weighted by molar-refractivity contribution is -0.274. The van der Waals surface area contributed by atoms with Gasteiger partial charge in [-0.25, -0.2) is 0 Å². The minimum absolute atomic E-state index is 0.0433. The maximum atomic E-state index is 13.4. The van der Waals surface area contributed by atoms with Gasteiger partial charge in [0.15, 0.2) is 11.6 Å². The van der Waals surface area contributed by atoms with Crippen LogP contribution in [0.3, 0.4) is 0 Å². The molecule has 13 atom stereocenters. The highest BCUT2D eigenvalue weighted by Gasteiger charge is 2.72. The summed E-state index contributed by atoms with van der Waals surface area (Å²) >= 11 is 0. The number of rotatable bonds is 0. The van der Waals surface area contributed by atoms with Crippen LogP contribution in [0.4, 0.5) is 0 Å². The first-order valence-corrected chi connectivity index (χ1v) is 13.4. The van der Waals surface area contributed by atoms with Crippen LogP contribution in [0.25, 0.3) is 0 Å². The van der Waals surface area contributed by atoms with E-state index in [0.717, 1.165) is 38.7 Å². The topological polar surface area (TPSA) is 96.2 Å². The molecule has 33 heavy (non-hydrogen) atoms. The molecule has 0 amide bonds. The normalized spacial score (nSPS) is 62.5. The summed E-state index contributed by atoms with van der Waals surface area (Å²) < 4.78 is 13.2. The molecule has 2 saturated heterocycles. The van der Waals surface area contributed by atoms with E-state index in [4.69, 9.17) is 9.47 Å². The third-order valence-electron chi connectivity index (χ3n) is 11.9. The maximum Gasteiger partial charge on any atom is 0.171 e. The highest BCUT2D eigenvalue weighted by atomic mass is 16.7. The van der Waals surface area contributed by atoms with Gasteiger partial charge in [0.1, 0.15) is 5.60 Å². The van der Waals surface area contributed by atoms with E-state index in [1.807, 2.05) is 6.92 Å². The van der Waals surface area contributed by atoms with Gasteiger partial charge in [0.2, 0.25) is 0 Å². The fourth-order valence-electron chi connectivity index (χ4n) is 10.1. The van der Waals surface area contributed by atoms with Crippen LogP contribution in [0.2, 0.25) is 0 Å². The molecule has 6 aliphatic rings. The van der Waals surface area contributed by atoms with Gasteiger partial charge in [0.25, 0.3) is 0 Å². The Balaban J connectivity index is 1.31. The predicted molar refractivity (Wildman–Crippen MR) is 121 cm³/mol. The molecule has 6 fully saturated rings. The van der Waals surface area contributed by atoms with Crippen molar-refractivity contribution in [1.29, 1.82) is 0 Å². The van der Waals surface area contributed by atoms with E-state index in [1.54, 1.807) is 0 Å². The lowest BCUT2D eigenvalue weighted by Gasteiger charge is -2.63. The quantitative estimate of drug-likeness (QED) is 0.512. The average molecular weight is 463 g/mol. The zero-order valence-corrected chi connectivity index (χ0v) is 20.6. The van der Waals surface area contributed by atoms with Crippen molar-refractivity contribution in [1.82, 2.24) is 0 Å². The number of aliphatic hydroxyl groups excluding tert-OH is 2. The van der Waals surface area contributed by atoms with Gasteiger partial charge in [0.05, 0.1) is 24.9 Å². The highest BCUT2D eigenvalue weighted by molar-refractivity contribution is 5.89. The second kappa shape index (κ2) is 7.03. The van der Waals surface area contributed by atoms with Crippen LogP contribution in [0.5, 0.6) is 0 Å². The van der Waals surface area contributed by atoms with Gasteiger partial charge in [-0.05, 0) is 67.1 Å². The average Bonchev–Trinajstić information content (AvgIpc) is 3.19. The van der Waals surface area contributed by atoms with Crippen molar-refractivity contribution in [2.24, 2.45) is 46.3 Å². The van der Waals surface area contributed by atoms with Gasteiger partial charge in [-0.2, -0.15) is 0 Å². The van der Waals surface area contributed by atoms with Crippen LogP contribution in [-0.4, -0.2) is 57.4 Å². The van der Waals surface area contributed by atoms with Crippen LogP contribution < -0.4 is 0 Å². The van der Waals surface area contributed by atoms with E-state index in [0.29, 0.717) is 30.1 Å². The molecule has 4 saturated carbocycles. The van der Waals surface area contributed by atoms with Crippen LogP contribution in [0, 0.1) is 46.3 Å². The van der Waals surface area contributed by atoms with Crippen molar-refractivity contribution in [3.05, 3.63) is 0 Å². The number of ether oxygens (including phenoxy) is 2. The minimum atomic E-state index is -1.53. The first kappa shape index (κ1) is 22.9. The number of fused-ring (bicyclic) bond motifs is 7. The van der Waals surface area contributed by atoms with Crippen molar-refractivity contribution in [2.75, 3.05) is 6.61 Å². The molecule has 0 aromatic rings. The van der Waals surface area contributed by atoms with E-state index in [9.17, 15) is 20.1 Å². The Morgan fingerprint density at radius 3 is 2.42 bits per heavy atom. The first-order valence-electron chi connectivity index (χ1n) is 13.4. The molecule has 0 aromatic heterocycles. The molecule has 0 bridgehead atoms. The number of ketones is 1. The van der Waals surface area contributed by atoms with Crippen molar-refractivity contribution >= 4 is 5.78 Å². The minimum Gasteiger partial charge on any atom is -0.390 e. The molecule has 2 heterocycles. The monoisotopic (exact) mass is 462 g/mol. The number of aliphatic hydroxyl groups is 3. The summed E-state index contributed by atoms with van der Waals surface area (Å²) in [5.41, 5.74) is -2.13. The molecule has 0 radical (unpaired) electrons. The number of carbonyl (C=O) groups is 1. The van der Waals surface area contributed by atoms with Gasteiger partial charge in [-0.1, -0.05) is 27.7 Å². The third-order valence-corrected chi connectivity index (χ3v) is 11.9. The Morgan fingerprint density at radius 2 is 1.73 bits per heavy atom. The Kier molecular flexibility index (Phi) is 4.88. The maximum absolute atomic E-state index is 13.4. The van der Waals surface area contributed by atoms with Gasteiger partial charge in [-0.3, -0.25) is 4.79 Å². The standard InChI is InChI=1S/C27H42O6/c1-14-5-8-27(32-13-14)15(2)23-21(33-27)10-18-16-9-22(30)26(31)12-20(29)19(28)11-25(26,4)17(16)6-7-24(18,23)3/h14-21,23,28-29,31H,5-13H2,1-4H3/t14-,15+,16-,17+,18-,19-,20+,21-,23-,24+,25-,26-,27-/m1/s1. The molecule has 6 rings (SSSR count). The van der Waals surface area contributed by atoms with Gasteiger partial charge in [0, 0.05) is 30.6 Å². The number of Topliss-reactive ketones (excluding diaryl/α,β-unsaturated/α-hetero) is 1. The van der Waals surface area contributed by atoms with Crippen LogP contribution >= 0.6 is 0 Å². The van der Waals surface area contributed by atoms with Crippen molar-refractivity contribution in [3.8, 4) is 0 Å². The van der Waals surface area contributed by atoms with Gasteiger partial charge >= 0.3 is 0 Å². The van der Waals surface area contributed by atoms with Crippen molar-refractivity contribution in [2.45, 2.75) is 109 Å². The summed E-state index contributed by atoms with van der Waals surface area (Å²) in [5.74, 6) is 1.53. The molecule has 3 N–H and O–H groups in total. The molecular formula is C27H42O6. The fourth-order valence-corrected chi connectivity index (χ4v) is 10.1. The zero-order chi connectivity index (χ0) is 23.6. The SMILES string of the molecule is C[C@@H]1CC[C@@]2(OC1)O[C@@H]1C[C@@H]3[C@@H]4CC(=O)[C@]5(O)C[C@H](O)[C@H](O)C[C@]5(C)[C@H]4CC[C@]3(C)[C@@H]1[C@@H]2C. The van der Waals surface area contributed by atoms with Crippen molar-refractivity contribution in [3.63, 3.8) is 0 Å². The van der Waals surface area contributed by atoms with Gasteiger partial charge < -0.3 is 24.8 Å². The van der Waals surface area contributed by atoms with E-state index in [-0.39, 0.29) is 42.0 Å². The molecule has 6 nitrogen and oxygen atoms in total. The Hall–Kier alpha value is -0.530. The number of carbonyl (C=O) groups excluding carboxylic acids is 1. The van der Waals surface area contributed by atoms with Crippen molar-refractivity contribution < 1.29 is 29.6 Å². The summed E-state index contributed by atoms with van der Waals surface area (Å²) in [5, 5.41) is 32.4. The first-order chi connectivity index (χ1) is 15.5. The second-order valence-electron chi connectivity index (χ2n) is 13.3. The molecule has 2 aliphatic heterocycles. The third kappa shape index (κ3) is 2.76. The Bertz CT molecular complexity index is 836. The highest BCUT2D eigenvalue weighted by Crippen LogP contribution is 2.71. The summed E-state index contributed by atoms with van der Waals surface area (Å²) in [6.45, 7) is 9.77. The molecule has 0 unspecified atom stereocenters. The molecule has 4 aliphatic carbocycles. The fraction of sp³-hybridized carbons (Fsp3) is 0.963. The summed E-state index contributed by atoms with van der Waals surface area (Å²) in [4.78, 5) is 13.4. The largest absolute Gasteiger partial charge is 0.390 e. The van der Waals surface area contributed by atoms with E-state index < -0.39 is 29.0 Å². The second-order valence-corrected chi connectivity index (χ2v) is 13.3. The number of hydrogen-bond acceptors (Lipinski definition) is 6. The lowest BCUT2D eigenvalue weighted by atomic mass is 9.42. The number of hydrogen-bond donors (Lipinski definition) is 3. The van der Waals surface area contributed by atoms with Crippen LogP contribution in [-0.2, 0) is 14.3 Å². The Morgan fingerprint density at radius 1 is 1.00 bits per heavy atom. The molecular weight excluding hydrogens is 420 g/mol. The summed E-state index contributed by atoms with van der Waals surface area (Å²) in [6, 6.07) is 0. The zero-order valence-electron chi connectivity index (χ0n) is 20.6. The van der Waals surface area contributed by atoms with E-state index in [1.165, 1.54) is 0 Å². The predicted octanol–water partition coefficient (Wildman–Crippen LogP) is 3.06. The summed E-state index contributed by atoms with van der Waals surface area (Å²) in [7, 11) is 0.